The van der Waals surface area contributed by atoms with Gasteiger partial charge in [0.15, 0.2) is 11.0 Å². The highest BCUT2D eigenvalue weighted by molar-refractivity contribution is 7.98. The molecule has 2 heterocycles. The maximum Gasteiger partial charge on any atom is 0.191 e. The summed E-state index contributed by atoms with van der Waals surface area (Å²) in [6.45, 7) is 7.38. The molecule has 0 aliphatic carbocycles. The Balaban J connectivity index is 1.84. The van der Waals surface area contributed by atoms with E-state index in [0.717, 1.165) is 35.4 Å². The first-order valence-corrected chi connectivity index (χ1v) is 10.3. The predicted octanol–water partition coefficient (Wildman–Crippen LogP) is 5.20. The number of rotatable bonds is 7. The summed E-state index contributed by atoms with van der Waals surface area (Å²) in [6.07, 6.45) is 1.02. The van der Waals surface area contributed by atoms with Crippen LogP contribution in [0.25, 0.3) is 11.4 Å². The normalized spacial score (nSPS) is 11.0. The van der Waals surface area contributed by atoms with E-state index in [1.54, 1.807) is 30.2 Å². The zero-order valence-corrected chi connectivity index (χ0v) is 16.7. The average Bonchev–Trinajstić information content (AvgIpc) is 3.22. The molecular formula is C19H23N3OS2. The number of hydrogen-bond acceptors (Lipinski definition) is 5. The van der Waals surface area contributed by atoms with Gasteiger partial charge in [0.25, 0.3) is 0 Å². The third-order valence-electron chi connectivity index (χ3n) is 4.23. The van der Waals surface area contributed by atoms with Crippen LogP contribution < -0.4 is 4.74 Å². The van der Waals surface area contributed by atoms with Crippen LogP contribution in [-0.2, 0) is 18.7 Å². The van der Waals surface area contributed by atoms with Gasteiger partial charge in [0.1, 0.15) is 5.75 Å². The fraction of sp³-hybridized carbons (Fsp3) is 0.368. The molecule has 0 atom stereocenters. The molecular weight excluding hydrogens is 350 g/mol. The first-order valence-electron chi connectivity index (χ1n) is 8.44. The third-order valence-corrected chi connectivity index (χ3v) is 6.22. The van der Waals surface area contributed by atoms with Crippen LogP contribution >= 0.6 is 23.1 Å². The molecule has 1 aromatic carbocycles. The number of aryl methyl sites for hydroxylation is 1. The zero-order chi connectivity index (χ0) is 17.8. The fourth-order valence-corrected chi connectivity index (χ4v) is 4.78. The molecule has 25 heavy (non-hydrogen) atoms. The van der Waals surface area contributed by atoms with Crippen LogP contribution in [0.2, 0.25) is 0 Å². The second-order valence-corrected chi connectivity index (χ2v) is 7.75. The van der Waals surface area contributed by atoms with Gasteiger partial charge >= 0.3 is 0 Å². The van der Waals surface area contributed by atoms with E-state index in [-0.39, 0.29) is 0 Å². The monoisotopic (exact) mass is 373 g/mol. The Bertz CT molecular complexity index is 854. The largest absolute Gasteiger partial charge is 0.497 e. The average molecular weight is 374 g/mol. The van der Waals surface area contributed by atoms with Gasteiger partial charge in [0, 0.05) is 28.1 Å². The minimum absolute atomic E-state index is 0.846. The van der Waals surface area contributed by atoms with E-state index in [1.165, 1.54) is 21.6 Å². The number of methoxy groups -OCH3 is 1. The molecule has 0 radical (unpaired) electrons. The van der Waals surface area contributed by atoms with E-state index in [1.807, 2.05) is 12.1 Å². The van der Waals surface area contributed by atoms with Gasteiger partial charge in [0.05, 0.1) is 7.11 Å². The van der Waals surface area contributed by atoms with Crippen LogP contribution in [0.5, 0.6) is 5.75 Å². The summed E-state index contributed by atoms with van der Waals surface area (Å²) < 4.78 is 7.51. The van der Waals surface area contributed by atoms with Crippen molar-refractivity contribution in [2.45, 2.75) is 44.6 Å². The highest BCUT2D eigenvalue weighted by Gasteiger charge is 2.18. The smallest absolute Gasteiger partial charge is 0.191 e. The molecule has 3 aromatic rings. The van der Waals surface area contributed by atoms with Crippen LogP contribution in [0.15, 0.2) is 34.8 Å². The summed E-state index contributed by atoms with van der Waals surface area (Å²) in [5, 5.41) is 12.1. The molecule has 0 saturated carbocycles. The Hall–Kier alpha value is -1.79. The zero-order valence-electron chi connectivity index (χ0n) is 15.1. The van der Waals surface area contributed by atoms with Crippen molar-refractivity contribution >= 4 is 23.1 Å². The first-order chi connectivity index (χ1) is 12.2. The number of benzene rings is 1. The van der Waals surface area contributed by atoms with Crippen LogP contribution in [0, 0.1) is 6.92 Å². The Labute approximate surface area is 157 Å². The van der Waals surface area contributed by atoms with Gasteiger partial charge in [-0.15, -0.1) is 21.5 Å². The van der Waals surface area contributed by atoms with Gasteiger partial charge in [0.2, 0.25) is 0 Å². The topological polar surface area (TPSA) is 39.9 Å². The van der Waals surface area contributed by atoms with Gasteiger partial charge in [-0.3, -0.25) is 0 Å². The number of hydrogen-bond donors (Lipinski definition) is 0. The molecule has 0 spiro atoms. The quantitative estimate of drug-likeness (QED) is 0.534. The SMILES string of the molecule is CCc1c(-c2nnc(SCc3cccc(OC)c3)n2CC)csc1C. The van der Waals surface area contributed by atoms with Gasteiger partial charge in [-0.2, -0.15) is 0 Å². The summed E-state index contributed by atoms with van der Waals surface area (Å²) in [4.78, 5) is 1.37. The van der Waals surface area contributed by atoms with E-state index in [2.05, 4.69) is 53.0 Å². The van der Waals surface area contributed by atoms with E-state index in [4.69, 9.17) is 4.74 Å². The lowest BCUT2D eigenvalue weighted by molar-refractivity contribution is 0.414. The number of nitrogens with zero attached hydrogens (tertiary/aromatic N) is 3. The lowest BCUT2D eigenvalue weighted by Crippen LogP contribution is -2.00. The number of thiophene rings is 1. The molecule has 4 nitrogen and oxygen atoms in total. The molecule has 0 fully saturated rings. The molecule has 0 bridgehead atoms. The molecule has 0 aliphatic heterocycles. The Morgan fingerprint density at radius 1 is 1.24 bits per heavy atom. The van der Waals surface area contributed by atoms with Crippen molar-refractivity contribution in [3.8, 4) is 17.1 Å². The summed E-state index contributed by atoms with van der Waals surface area (Å²) in [6, 6.07) is 8.16. The summed E-state index contributed by atoms with van der Waals surface area (Å²) in [5.41, 5.74) is 3.83. The Morgan fingerprint density at radius 3 is 2.80 bits per heavy atom. The second-order valence-electron chi connectivity index (χ2n) is 5.73. The molecule has 3 rings (SSSR count). The number of ether oxygens (including phenoxy) is 1. The molecule has 0 N–H and O–H groups in total. The minimum Gasteiger partial charge on any atom is -0.497 e. The van der Waals surface area contributed by atoms with Crippen molar-refractivity contribution in [3.05, 3.63) is 45.6 Å². The summed E-state index contributed by atoms with van der Waals surface area (Å²) in [5.74, 6) is 2.72. The lowest BCUT2D eigenvalue weighted by Gasteiger charge is -2.08. The maximum absolute atomic E-state index is 5.30. The molecule has 2 aromatic heterocycles. The van der Waals surface area contributed by atoms with E-state index in [9.17, 15) is 0 Å². The van der Waals surface area contributed by atoms with Crippen molar-refractivity contribution < 1.29 is 4.74 Å². The van der Waals surface area contributed by atoms with Crippen LogP contribution in [0.3, 0.4) is 0 Å². The van der Waals surface area contributed by atoms with Crippen molar-refractivity contribution in [2.75, 3.05) is 7.11 Å². The maximum atomic E-state index is 5.30. The molecule has 0 aliphatic rings. The fourth-order valence-electron chi connectivity index (χ4n) is 2.90. The van der Waals surface area contributed by atoms with Crippen molar-refractivity contribution in [2.24, 2.45) is 0 Å². The van der Waals surface area contributed by atoms with E-state index >= 15 is 0 Å². The summed E-state index contributed by atoms with van der Waals surface area (Å²) >= 11 is 3.51. The third kappa shape index (κ3) is 3.75. The lowest BCUT2D eigenvalue weighted by atomic mass is 10.1. The van der Waals surface area contributed by atoms with Gasteiger partial charge in [-0.25, -0.2) is 0 Å². The second kappa shape index (κ2) is 8.06. The van der Waals surface area contributed by atoms with Gasteiger partial charge < -0.3 is 9.30 Å². The van der Waals surface area contributed by atoms with Crippen molar-refractivity contribution in [1.82, 2.24) is 14.8 Å². The number of aromatic nitrogens is 3. The van der Waals surface area contributed by atoms with Crippen LogP contribution in [-0.4, -0.2) is 21.9 Å². The Kier molecular flexibility index (Phi) is 5.81. The van der Waals surface area contributed by atoms with Crippen LogP contribution in [0.1, 0.15) is 29.9 Å². The van der Waals surface area contributed by atoms with Crippen molar-refractivity contribution in [1.29, 1.82) is 0 Å². The Morgan fingerprint density at radius 2 is 2.08 bits per heavy atom. The molecule has 6 heteroatoms. The molecule has 132 valence electrons. The highest BCUT2D eigenvalue weighted by Crippen LogP contribution is 2.33. The number of thioether (sulfide) groups is 1. The standard InChI is InChI=1S/C19H23N3OS2/c1-5-16-13(3)24-12-17(16)18-20-21-19(22(18)6-2)25-11-14-8-7-9-15(10-14)23-4/h7-10,12H,5-6,11H2,1-4H3. The minimum atomic E-state index is 0.846. The predicted molar refractivity (Wildman–Crippen MR) is 106 cm³/mol. The molecule has 0 amide bonds. The summed E-state index contributed by atoms with van der Waals surface area (Å²) in [7, 11) is 1.69. The van der Waals surface area contributed by atoms with E-state index < -0.39 is 0 Å². The van der Waals surface area contributed by atoms with Gasteiger partial charge in [-0.1, -0.05) is 30.8 Å². The molecule has 0 saturated heterocycles. The van der Waals surface area contributed by atoms with E-state index in [0.29, 0.717) is 0 Å². The van der Waals surface area contributed by atoms with Crippen molar-refractivity contribution in [3.63, 3.8) is 0 Å². The van der Waals surface area contributed by atoms with Crippen LogP contribution in [0.4, 0.5) is 0 Å². The first kappa shape index (κ1) is 18.0. The highest BCUT2D eigenvalue weighted by atomic mass is 32.2. The van der Waals surface area contributed by atoms with Gasteiger partial charge in [-0.05, 0) is 43.5 Å². The molecule has 0 unspecified atom stereocenters.